The summed E-state index contributed by atoms with van der Waals surface area (Å²) in [6, 6.07) is 21.9. The van der Waals surface area contributed by atoms with Gasteiger partial charge in [0.1, 0.15) is 0 Å². The molecule has 128 valence electrons. The molecule has 0 aliphatic carbocycles. The van der Waals surface area contributed by atoms with E-state index in [9.17, 15) is 0 Å². The fraction of sp³-hybridized carbons (Fsp3) is 0.130. The van der Waals surface area contributed by atoms with Crippen molar-refractivity contribution >= 4 is 53.4 Å². The molecule has 0 spiro atoms. The molecule has 3 heteroatoms. The zero-order valence-corrected chi connectivity index (χ0v) is 17.6. The van der Waals surface area contributed by atoms with Crippen molar-refractivity contribution in [2.24, 2.45) is 0 Å². The van der Waals surface area contributed by atoms with Crippen LogP contribution in [-0.4, -0.2) is 11.9 Å². The third kappa shape index (κ3) is 2.45. The van der Waals surface area contributed by atoms with Crippen LogP contribution in [0.1, 0.15) is 11.1 Å². The van der Waals surface area contributed by atoms with Gasteiger partial charge in [0.25, 0.3) is 0 Å². The van der Waals surface area contributed by atoms with E-state index in [4.69, 9.17) is 0 Å². The minimum atomic E-state index is 0.927. The lowest BCUT2D eigenvalue weighted by Crippen LogP contribution is -2.16. The summed E-state index contributed by atoms with van der Waals surface area (Å²) in [5.41, 5.74) is 5.47. The molecule has 1 heterocycles. The molecule has 0 unspecified atom stereocenters. The van der Waals surface area contributed by atoms with Crippen molar-refractivity contribution < 1.29 is 0 Å². The van der Waals surface area contributed by atoms with Crippen LogP contribution in [0.4, 0.5) is 0 Å². The van der Waals surface area contributed by atoms with Crippen LogP contribution >= 0.6 is 31.9 Å². The standard InChI is InChI=1S/C23H17Br2N/c1-26-12-18-20(24)10-14-6-2-4-8-16(14)22(18)23-17-9-5-3-7-15(17)11-21(25)19(23)13-26/h2-11H,12-13H2,1H3. The highest BCUT2D eigenvalue weighted by Crippen LogP contribution is 2.46. The van der Waals surface area contributed by atoms with Gasteiger partial charge in [-0.15, -0.1) is 0 Å². The molecular formula is C23H17Br2N. The first-order chi connectivity index (χ1) is 12.6. The first-order valence-corrected chi connectivity index (χ1v) is 10.3. The van der Waals surface area contributed by atoms with Gasteiger partial charge in [-0.2, -0.15) is 0 Å². The van der Waals surface area contributed by atoms with Gasteiger partial charge in [-0.25, -0.2) is 0 Å². The van der Waals surface area contributed by atoms with Crippen molar-refractivity contribution in [2.45, 2.75) is 13.1 Å². The minimum absolute atomic E-state index is 0.927. The summed E-state index contributed by atoms with van der Waals surface area (Å²) in [7, 11) is 2.20. The second-order valence-electron chi connectivity index (χ2n) is 7.04. The van der Waals surface area contributed by atoms with Crippen LogP contribution in [0.5, 0.6) is 0 Å². The SMILES string of the molecule is CN1Cc2c(Br)cc3ccccc3c2-c2c(c(Br)cc3ccccc23)C1. The first-order valence-electron chi connectivity index (χ1n) is 8.72. The van der Waals surface area contributed by atoms with Crippen LogP contribution in [0.15, 0.2) is 69.6 Å². The van der Waals surface area contributed by atoms with E-state index in [1.807, 2.05) is 0 Å². The van der Waals surface area contributed by atoms with E-state index in [0.29, 0.717) is 0 Å². The van der Waals surface area contributed by atoms with Crippen molar-refractivity contribution in [1.82, 2.24) is 4.90 Å². The Kier molecular flexibility index (Phi) is 3.93. The third-order valence-electron chi connectivity index (χ3n) is 5.31. The van der Waals surface area contributed by atoms with Gasteiger partial charge in [0.2, 0.25) is 0 Å². The number of rotatable bonds is 0. The second-order valence-corrected chi connectivity index (χ2v) is 8.75. The molecule has 0 atom stereocenters. The lowest BCUT2D eigenvalue weighted by Gasteiger charge is -2.18. The highest BCUT2D eigenvalue weighted by Gasteiger charge is 2.25. The number of hydrogen-bond donors (Lipinski definition) is 0. The maximum Gasteiger partial charge on any atom is 0.0251 e. The molecule has 0 bridgehead atoms. The van der Waals surface area contributed by atoms with Gasteiger partial charge in [-0.3, -0.25) is 4.90 Å². The molecule has 26 heavy (non-hydrogen) atoms. The summed E-state index contributed by atoms with van der Waals surface area (Å²) in [6.07, 6.45) is 0. The van der Waals surface area contributed by atoms with Gasteiger partial charge in [0, 0.05) is 22.0 Å². The molecule has 0 aromatic heterocycles. The van der Waals surface area contributed by atoms with Gasteiger partial charge < -0.3 is 0 Å². The van der Waals surface area contributed by atoms with Gasteiger partial charge >= 0.3 is 0 Å². The molecule has 1 aliphatic rings. The van der Waals surface area contributed by atoms with Crippen LogP contribution in [0.25, 0.3) is 32.7 Å². The number of hydrogen-bond acceptors (Lipinski definition) is 1. The smallest absolute Gasteiger partial charge is 0.0251 e. The number of fused-ring (bicyclic) bond motifs is 7. The van der Waals surface area contributed by atoms with E-state index in [-0.39, 0.29) is 0 Å². The topological polar surface area (TPSA) is 3.24 Å². The Labute approximate surface area is 169 Å². The molecule has 0 saturated carbocycles. The molecule has 4 aromatic rings. The summed E-state index contributed by atoms with van der Waals surface area (Å²) in [4.78, 5) is 2.39. The highest BCUT2D eigenvalue weighted by molar-refractivity contribution is 9.10. The molecule has 0 saturated heterocycles. The Bertz CT molecular complexity index is 1090. The van der Waals surface area contributed by atoms with Crippen molar-refractivity contribution in [3.05, 3.63) is 80.7 Å². The Balaban J connectivity index is 2.05. The highest BCUT2D eigenvalue weighted by atomic mass is 79.9. The summed E-state index contributed by atoms with van der Waals surface area (Å²) in [5, 5.41) is 5.20. The maximum atomic E-state index is 3.86. The Hall–Kier alpha value is -1.68. The molecule has 4 aromatic carbocycles. The van der Waals surface area contributed by atoms with Gasteiger partial charge in [-0.1, -0.05) is 80.4 Å². The number of halogens is 2. The van der Waals surface area contributed by atoms with E-state index in [2.05, 4.69) is 104 Å². The average Bonchev–Trinajstić information content (AvgIpc) is 2.79. The number of nitrogens with zero attached hydrogens (tertiary/aromatic N) is 1. The van der Waals surface area contributed by atoms with Crippen LogP contribution in [0.2, 0.25) is 0 Å². The quantitative estimate of drug-likeness (QED) is 0.266. The molecule has 0 N–H and O–H groups in total. The van der Waals surface area contributed by atoms with Crippen LogP contribution in [0, 0.1) is 0 Å². The van der Waals surface area contributed by atoms with Crippen LogP contribution in [0.3, 0.4) is 0 Å². The first kappa shape index (κ1) is 16.5. The van der Waals surface area contributed by atoms with Gasteiger partial charge in [0.05, 0.1) is 0 Å². The third-order valence-corrected chi connectivity index (χ3v) is 6.73. The molecular weight excluding hydrogens is 450 g/mol. The molecule has 1 nitrogen and oxygen atoms in total. The van der Waals surface area contributed by atoms with Crippen molar-refractivity contribution in [1.29, 1.82) is 0 Å². The predicted octanol–water partition coefficient (Wildman–Crippen LogP) is 7.13. The summed E-state index contributed by atoms with van der Waals surface area (Å²) >= 11 is 7.72. The molecule has 0 amide bonds. The Morgan fingerprint density at radius 2 is 1.12 bits per heavy atom. The van der Waals surface area contributed by atoms with E-state index in [1.54, 1.807) is 0 Å². The van der Waals surface area contributed by atoms with E-state index < -0.39 is 0 Å². The summed E-state index contributed by atoms with van der Waals surface area (Å²) < 4.78 is 2.38. The minimum Gasteiger partial charge on any atom is -0.298 e. The monoisotopic (exact) mass is 465 g/mol. The zero-order valence-electron chi connectivity index (χ0n) is 14.4. The van der Waals surface area contributed by atoms with Crippen molar-refractivity contribution in [3.8, 4) is 11.1 Å². The fourth-order valence-electron chi connectivity index (χ4n) is 4.19. The van der Waals surface area contributed by atoms with E-state index in [0.717, 1.165) is 13.1 Å². The van der Waals surface area contributed by atoms with Gasteiger partial charge in [0.15, 0.2) is 0 Å². The van der Waals surface area contributed by atoms with E-state index >= 15 is 0 Å². The van der Waals surface area contributed by atoms with Gasteiger partial charge in [-0.05, 0) is 63.0 Å². The largest absolute Gasteiger partial charge is 0.298 e. The zero-order chi connectivity index (χ0) is 17.8. The lowest BCUT2D eigenvalue weighted by molar-refractivity contribution is 0.322. The molecule has 0 fully saturated rings. The van der Waals surface area contributed by atoms with Crippen molar-refractivity contribution in [3.63, 3.8) is 0 Å². The summed E-state index contributed by atoms with van der Waals surface area (Å²) in [6.45, 7) is 1.85. The Morgan fingerprint density at radius 1 is 0.692 bits per heavy atom. The normalized spacial score (nSPS) is 14.3. The van der Waals surface area contributed by atoms with Crippen molar-refractivity contribution in [2.75, 3.05) is 7.05 Å². The summed E-state index contributed by atoms with van der Waals surface area (Å²) in [5.74, 6) is 0. The van der Waals surface area contributed by atoms with Crippen LogP contribution < -0.4 is 0 Å². The molecule has 5 rings (SSSR count). The maximum absolute atomic E-state index is 3.86. The Morgan fingerprint density at radius 3 is 1.58 bits per heavy atom. The fourth-order valence-corrected chi connectivity index (χ4v) is 5.33. The van der Waals surface area contributed by atoms with E-state index in [1.165, 1.54) is 52.7 Å². The lowest BCUT2D eigenvalue weighted by atomic mass is 9.88. The number of benzene rings is 4. The second kappa shape index (κ2) is 6.19. The van der Waals surface area contributed by atoms with Crippen LogP contribution in [-0.2, 0) is 13.1 Å². The molecule has 1 aliphatic heterocycles. The average molecular weight is 467 g/mol. The molecule has 0 radical (unpaired) electrons. The predicted molar refractivity (Wildman–Crippen MR) is 117 cm³/mol.